The van der Waals surface area contributed by atoms with Crippen LogP contribution in [0.5, 0.6) is 0 Å². The molecule has 3 rings (SSSR count). The van der Waals surface area contributed by atoms with Crippen LogP contribution in [0.2, 0.25) is 5.02 Å². The molecule has 0 unspecified atom stereocenters. The topological polar surface area (TPSA) is 64.0 Å². The van der Waals surface area contributed by atoms with Crippen molar-refractivity contribution < 1.29 is 12.8 Å². The lowest BCUT2D eigenvalue weighted by molar-refractivity contribution is 0.557. The molecule has 0 atom stereocenters. The van der Waals surface area contributed by atoms with Crippen molar-refractivity contribution in [2.75, 3.05) is 0 Å². The lowest BCUT2D eigenvalue weighted by atomic mass is 10.1. The Balaban J connectivity index is 1.66. The summed E-state index contributed by atoms with van der Waals surface area (Å²) in [6.07, 6.45) is 3.57. The van der Waals surface area contributed by atoms with Crippen molar-refractivity contribution in [1.82, 2.24) is 14.5 Å². The van der Waals surface area contributed by atoms with Gasteiger partial charge in [0.05, 0.1) is 6.54 Å². The van der Waals surface area contributed by atoms with E-state index in [4.69, 9.17) is 11.6 Å². The van der Waals surface area contributed by atoms with Crippen LogP contribution in [0.1, 0.15) is 11.1 Å². The molecule has 1 aromatic heterocycles. The minimum absolute atomic E-state index is 0.0620. The number of rotatable bonds is 6. The van der Waals surface area contributed by atoms with Crippen molar-refractivity contribution in [3.63, 3.8) is 0 Å². The quantitative estimate of drug-likeness (QED) is 0.715. The standard InChI is InChI=1S/C17H15ClFN3O2S/c18-15-6-7-17(16(19)10-15)25(23,24)21-11-13-2-4-14(5-3-13)12-22-9-1-8-20-22/h1-10,21H,11-12H2. The Hall–Kier alpha value is -2.22. The number of hydrogen-bond donors (Lipinski definition) is 1. The molecule has 130 valence electrons. The largest absolute Gasteiger partial charge is 0.268 e. The summed E-state index contributed by atoms with van der Waals surface area (Å²) in [7, 11) is -3.95. The van der Waals surface area contributed by atoms with Crippen molar-refractivity contribution in [1.29, 1.82) is 0 Å². The summed E-state index contributed by atoms with van der Waals surface area (Å²) < 4.78 is 42.4. The van der Waals surface area contributed by atoms with Gasteiger partial charge < -0.3 is 0 Å². The van der Waals surface area contributed by atoms with Gasteiger partial charge in [0, 0.05) is 24.0 Å². The van der Waals surface area contributed by atoms with E-state index in [1.165, 1.54) is 6.07 Å². The molecule has 5 nitrogen and oxygen atoms in total. The van der Waals surface area contributed by atoms with Crippen LogP contribution in [-0.2, 0) is 23.1 Å². The van der Waals surface area contributed by atoms with Crippen molar-refractivity contribution >= 4 is 21.6 Å². The van der Waals surface area contributed by atoms with Gasteiger partial charge in [-0.15, -0.1) is 0 Å². The molecule has 25 heavy (non-hydrogen) atoms. The van der Waals surface area contributed by atoms with Crippen LogP contribution in [-0.4, -0.2) is 18.2 Å². The highest BCUT2D eigenvalue weighted by Crippen LogP contribution is 2.19. The van der Waals surface area contributed by atoms with Gasteiger partial charge in [0.25, 0.3) is 0 Å². The predicted octanol–water partition coefficient (Wildman–Crippen LogP) is 3.20. The molecule has 0 radical (unpaired) electrons. The Morgan fingerprint density at radius 1 is 1.12 bits per heavy atom. The Morgan fingerprint density at radius 3 is 2.48 bits per heavy atom. The lowest BCUT2D eigenvalue weighted by Gasteiger charge is -2.09. The van der Waals surface area contributed by atoms with E-state index in [1.54, 1.807) is 10.9 Å². The molecule has 2 aromatic carbocycles. The number of hydrogen-bond acceptors (Lipinski definition) is 3. The fourth-order valence-electron chi connectivity index (χ4n) is 2.29. The van der Waals surface area contributed by atoms with Gasteiger partial charge in [-0.1, -0.05) is 35.9 Å². The zero-order chi connectivity index (χ0) is 17.9. The number of benzene rings is 2. The van der Waals surface area contributed by atoms with Crippen LogP contribution in [0.4, 0.5) is 4.39 Å². The number of nitrogens with one attached hydrogen (secondary N) is 1. The average Bonchev–Trinajstić information content (AvgIpc) is 3.07. The second kappa shape index (κ2) is 7.35. The SMILES string of the molecule is O=S(=O)(NCc1ccc(Cn2cccn2)cc1)c1ccc(Cl)cc1F. The summed E-state index contributed by atoms with van der Waals surface area (Å²) in [5.41, 5.74) is 1.81. The van der Waals surface area contributed by atoms with Gasteiger partial charge in [-0.25, -0.2) is 17.5 Å². The Morgan fingerprint density at radius 2 is 1.84 bits per heavy atom. The molecule has 0 saturated carbocycles. The van der Waals surface area contributed by atoms with E-state index < -0.39 is 20.7 Å². The number of aromatic nitrogens is 2. The molecule has 0 fully saturated rings. The van der Waals surface area contributed by atoms with Gasteiger partial charge in [0.1, 0.15) is 10.7 Å². The first kappa shape index (κ1) is 17.6. The normalized spacial score (nSPS) is 11.6. The maximum atomic E-state index is 13.8. The van der Waals surface area contributed by atoms with E-state index in [0.29, 0.717) is 6.54 Å². The Labute approximate surface area is 150 Å². The summed E-state index contributed by atoms with van der Waals surface area (Å²) in [6, 6.07) is 12.7. The van der Waals surface area contributed by atoms with E-state index in [1.807, 2.05) is 36.5 Å². The van der Waals surface area contributed by atoms with Crippen LogP contribution in [0.25, 0.3) is 0 Å². The number of nitrogens with zero attached hydrogens (tertiary/aromatic N) is 2. The molecular weight excluding hydrogens is 365 g/mol. The zero-order valence-corrected chi connectivity index (χ0v) is 14.6. The molecular formula is C17H15ClFN3O2S. The van der Waals surface area contributed by atoms with Crippen molar-refractivity contribution in [3.8, 4) is 0 Å². The van der Waals surface area contributed by atoms with E-state index >= 15 is 0 Å². The van der Waals surface area contributed by atoms with Gasteiger partial charge in [-0.05, 0) is 35.4 Å². The second-order valence-electron chi connectivity index (χ2n) is 5.42. The summed E-state index contributed by atoms with van der Waals surface area (Å²) in [5, 5.41) is 4.27. The molecule has 0 aliphatic carbocycles. The van der Waals surface area contributed by atoms with Gasteiger partial charge >= 0.3 is 0 Å². The predicted molar refractivity (Wildman–Crippen MR) is 93.2 cm³/mol. The third-order valence-electron chi connectivity index (χ3n) is 3.58. The third kappa shape index (κ3) is 4.45. The molecule has 0 aliphatic rings. The summed E-state index contributed by atoms with van der Waals surface area (Å²) in [4.78, 5) is -0.424. The highest BCUT2D eigenvalue weighted by atomic mass is 35.5. The van der Waals surface area contributed by atoms with Crippen LogP contribution >= 0.6 is 11.6 Å². The van der Waals surface area contributed by atoms with E-state index in [-0.39, 0.29) is 11.6 Å². The van der Waals surface area contributed by atoms with Gasteiger partial charge in [0.15, 0.2) is 0 Å². The van der Waals surface area contributed by atoms with Crippen LogP contribution in [0.3, 0.4) is 0 Å². The van der Waals surface area contributed by atoms with Crippen LogP contribution in [0.15, 0.2) is 65.8 Å². The van der Waals surface area contributed by atoms with Crippen LogP contribution in [0, 0.1) is 5.82 Å². The first-order chi connectivity index (χ1) is 11.9. The van der Waals surface area contributed by atoms with Crippen molar-refractivity contribution in [2.45, 2.75) is 18.0 Å². The molecule has 0 aliphatic heterocycles. The lowest BCUT2D eigenvalue weighted by Crippen LogP contribution is -2.24. The first-order valence-electron chi connectivity index (χ1n) is 7.44. The maximum absolute atomic E-state index is 13.8. The molecule has 3 aromatic rings. The second-order valence-corrected chi connectivity index (χ2v) is 7.59. The summed E-state index contributed by atoms with van der Waals surface area (Å²) in [6.45, 7) is 0.696. The third-order valence-corrected chi connectivity index (χ3v) is 5.25. The molecule has 0 saturated heterocycles. The molecule has 1 N–H and O–H groups in total. The van der Waals surface area contributed by atoms with E-state index in [2.05, 4.69) is 9.82 Å². The van der Waals surface area contributed by atoms with Crippen molar-refractivity contribution in [2.24, 2.45) is 0 Å². The zero-order valence-electron chi connectivity index (χ0n) is 13.1. The summed E-state index contributed by atoms with van der Waals surface area (Å²) >= 11 is 5.64. The maximum Gasteiger partial charge on any atom is 0.243 e. The fraction of sp³-hybridized carbons (Fsp3) is 0.118. The smallest absolute Gasteiger partial charge is 0.243 e. The highest BCUT2D eigenvalue weighted by Gasteiger charge is 2.18. The monoisotopic (exact) mass is 379 g/mol. The minimum Gasteiger partial charge on any atom is -0.268 e. The molecule has 8 heteroatoms. The first-order valence-corrected chi connectivity index (χ1v) is 9.30. The number of halogens is 2. The van der Waals surface area contributed by atoms with E-state index in [9.17, 15) is 12.8 Å². The minimum atomic E-state index is -3.95. The Kier molecular flexibility index (Phi) is 5.17. The molecule has 0 bridgehead atoms. The van der Waals surface area contributed by atoms with Gasteiger partial charge in [-0.3, -0.25) is 4.68 Å². The molecule has 1 heterocycles. The fourth-order valence-corrected chi connectivity index (χ4v) is 3.53. The molecule has 0 spiro atoms. The highest BCUT2D eigenvalue weighted by molar-refractivity contribution is 7.89. The Bertz CT molecular complexity index is 958. The number of sulfonamides is 1. The van der Waals surface area contributed by atoms with E-state index in [0.717, 1.165) is 23.3 Å². The van der Waals surface area contributed by atoms with Crippen molar-refractivity contribution in [3.05, 3.63) is 82.9 Å². The molecule has 0 amide bonds. The van der Waals surface area contributed by atoms with Crippen LogP contribution < -0.4 is 4.72 Å². The van der Waals surface area contributed by atoms with Gasteiger partial charge in [-0.2, -0.15) is 5.10 Å². The summed E-state index contributed by atoms with van der Waals surface area (Å²) in [5.74, 6) is -0.880. The van der Waals surface area contributed by atoms with Gasteiger partial charge in [0.2, 0.25) is 10.0 Å². The average molecular weight is 380 g/mol.